The highest BCUT2D eigenvalue weighted by molar-refractivity contribution is 5.92. The molecule has 1 saturated carbocycles. The molecule has 0 aliphatic heterocycles. The number of carbonyl (C=O) groups excluding carboxylic acids is 2. The van der Waals surface area contributed by atoms with Gasteiger partial charge in [0.05, 0.1) is 18.8 Å². The Morgan fingerprint density at radius 1 is 1.12 bits per heavy atom. The number of ether oxygens (including phenoxy) is 3. The van der Waals surface area contributed by atoms with E-state index in [1.54, 1.807) is 25.1 Å². The molecule has 25 heavy (non-hydrogen) atoms. The normalized spacial score (nSPS) is 15.5. The van der Waals surface area contributed by atoms with Crippen LogP contribution < -0.4 is 14.8 Å². The molecule has 0 saturated heterocycles. The summed E-state index contributed by atoms with van der Waals surface area (Å²) in [5.41, 5.74) is 0.326. The average Bonchev–Trinajstić information content (AvgIpc) is 3.09. The molecule has 1 atom stereocenters. The molecule has 6 heteroatoms. The van der Waals surface area contributed by atoms with Gasteiger partial charge in [0.1, 0.15) is 0 Å². The third-order valence-corrected chi connectivity index (χ3v) is 4.13. The number of carbonyl (C=O) groups is 2. The SMILES string of the molecule is CCOc1ccc(C(=O)O[C@@H](C)C(=O)NC2CCCC2)cc1OCC. The van der Waals surface area contributed by atoms with Gasteiger partial charge < -0.3 is 19.5 Å². The Balaban J connectivity index is 1.98. The van der Waals surface area contributed by atoms with Crippen LogP contribution in [0, 0.1) is 0 Å². The predicted octanol–water partition coefficient (Wildman–Crippen LogP) is 3.09. The number of amides is 1. The highest BCUT2D eigenvalue weighted by atomic mass is 16.5. The highest BCUT2D eigenvalue weighted by Gasteiger charge is 2.24. The lowest BCUT2D eigenvalue weighted by molar-refractivity contribution is -0.129. The smallest absolute Gasteiger partial charge is 0.339 e. The van der Waals surface area contributed by atoms with E-state index in [0.717, 1.165) is 25.7 Å². The second-order valence-corrected chi connectivity index (χ2v) is 6.07. The minimum atomic E-state index is -0.838. The Labute approximate surface area is 148 Å². The van der Waals surface area contributed by atoms with Gasteiger partial charge >= 0.3 is 5.97 Å². The number of benzene rings is 1. The number of hydrogen-bond donors (Lipinski definition) is 1. The molecule has 1 fully saturated rings. The van der Waals surface area contributed by atoms with Gasteiger partial charge in [-0.05, 0) is 51.8 Å². The summed E-state index contributed by atoms with van der Waals surface area (Å²) >= 11 is 0. The van der Waals surface area contributed by atoms with E-state index in [1.807, 2.05) is 13.8 Å². The summed E-state index contributed by atoms with van der Waals surface area (Å²) in [6, 6.07) is 5.06. The summed E-state index contributed by atoms with van der Waals surface area (Å²) in [5.74, 6) is 0.254. The Hall–Kier alpha value is -2.24. The molecule has 138 valence electrons. The third kappa shape index (κ3) is 5.37. The first-order valence-electron chi connectivity index (χ1n) is 8.96. The van der Waals surface area contributed by atoms with Crippen molar-refractivity contribution in [2.24, 2.45) is 0 Å². The van der Waals surface area contributed by atoms with Crippen molar-refractivity contribution in [3.63, 3.8) is 0 Å². The summed E-state index contributed by atoms with van der Waals surface area (Å²) in [6.07, 6.45) is 3.40. The van der Waals surface area contributed by atoms with Crippen molar-refractivity contribution in [3.8, 4) is 11.5 Å². The molecule has 0 radical (unpaired) electrons. The van der Waals surface area contributed by atoms with Gasteiger partial charge in [-0.25, -0.2) is 4.79 Å². The van der Waals surface area contributed by atoms with Crippen LogP contribution in [0.3, 0.4) is 0 Å². The van der Waals surface area contributed by atoms with Crippen molar-refractivity contribution >= 4 is 11.9 Å². The average molecular weight is 349 g/mol. The number of esters is 1. The highest BCUT2D eigenvalue weighted by Crippen LogP contribution is 2.29. The molecule has 1 aliphatic carbocycles. The molecular formula is C19H27NO5. The quantitative estimate of drug-likeness (QED) is 0.730. The minimum absolute atomic E-state index is 0.198. The molecule has 1 amide bonds. The van der Waals surface area contributed by atoms with Crippen molar-refractivity contribution in [2.45, 2.75) is 58.6 Å². The monoisotopic (exact) mass is 349 g/mol. The van der Waals surface area contributed by atoms with Gasteiger partial charge in [-0.2, -0.15) is 0 Å². The maximum Gasteiger partial charge on any atom is 0.339 e. The molecule has 2 rings (SSSR count). The second-order valence-electron chi connectivity index (χ2n) is 6.07. The van der Waals surface area contributed by atoms with E-state index in [1.165, 1.54) is 0 Å². The fraction of sp³-hybridized carbons (Fsp3) is 0.579. The van der Waals surface area contributed by atoms with E-state index in [9.17, 15) is 9.59 Å². The van der Waals surface area contributed by atoms with Crippen molar-refractivity contribution in [3.05, 3.63) is 23.8 Å². The molecule has 0 unspecified atom stereocenters. The largest absolute Gasteiger partial charge is 0.490 e. The van der Waals surface area contributed by atoms with Gasteiger partial charge in [-0.1, -0.05) is 12.8 Å². The predicted molar refractivity (Wildman–Crippen MR) is 94.1 cm³/mol. The van der Waals surface area contributed by atoms with E-state index in [4.69, 9.17) is 14.2 Å². The van der Waals surface area contributed by atoms with Crippen molar-refractivity contribution in [2.75, 3.05) is 13.2 Å². The Morgan fingerprint density at radius 2 is 1.76 bits per heavy atom. The first-order chi connectivity index (χ1) is 12.0. The second kappa shape index (κ2) is 9.30. The van der Waals surface area contributed by atoms with Crippen LogP contribution in [0.4, 0.5) is 0 Å². The molecule has 1 aromatic carbocycles. The van der Waals surface area contributed by atoms with E-state index >= 15 is 0 Å². The number of hydrogen-bond acceptors (Lipinski definition) is 5. The van der Waals surface area contributed by atoms with Gasteiger partial charge in [0.25, 0.3) is 5.91 Å². The van der Waals surface area contributed by atoms with Gasteiger partial charge in [0, 0.05) is 6.04 Å². The number of nitrogens with one attached hydrogen (secondary N) is 1. The Kier molecular flexibility index (Phi) is 7.10. The van der Waals surface area contributed by atoms with Crippen molar-refractivity contribution in [1.29, 1.82) is 0 Å². The van der Waals surface area contributed by atoms with Crippen LogP contribution in [0.1, 0.15) is 56.8 Å². The fourth-order valence-corrected chi connectivity index (χ4v) is 2.85. The molecule has 0 spiro atoms. The fourth-order valence-electron chi connectivity index (χ4n) is 2.85. The van der Waals surface area contributed by atoms with E-state index in [0.29, 0.717) is 30.3 Å². The standard InChI is InChI=1S/C19H27NO5/c1-4-23-16-11-10-14(12-17(16)24-5-2)19(22)25-13(3)18(21)20-15-8-6-7-9-15/h10-13,15H,4-9H2,1-3H3,(H,20,21)/t13-/m0/s1. The summed E-state index contributed by atoms with van der Waals surface area (Å²) < 4.78 is 16.3. The van der Waals surface area contributed by atoms with Crippen LogP contribution in [-0.4, -0.2) is 37.2 Å². The molecule has 0 bridgehead atoms. The summed E-state index contributed by atoms with van der Waals surface area (Å²) in [4.78, 5) is 24.5. The summed E-state index contributed by atoms with van der Waals surface area (Å²) in [7, 11) is 0. The zero-order chi connectivity index (χ0) is 18.2. The van der Waals surface area contributed by atoms with Crippen LogP contribution >= 0.6 is 0 Å². The Morgan fingerprint density at radius 3 is 2.40 bits per heavy atom. The van der Waals surface area contributed by atoms with Gasteiger partial charge in [0.15, 0.2) is 17.6 Å². The lowest BCUT2D eigenvalue weighted by Crippen LogP contribution is -2.40. The molecule has 0 heterocycles. The summed E-state index contributed by atoms with van der Waals surface area (Å²) in [6.45, 7) is 6.28. The maximum atomic E-state index is 12.3. The number of rotatable bonds is 8. The topological polar surface area (TPSA) is 73.9 Å². The lowest BCUT2D eigenvalue weighted by Gasteiger charge is -2.17. The zero-order valence-electron chi connectivity index (χ0n) is 15.2. The van der Waals surface area contributed by atoms with Crippen molar-refractivity contribution in [1.82, 2.24) is 5.32 Å². The third-order valence-electron chi connectivity index (χ3n) is 4.13. The molecule has 1 aliphatic rings. The van der Waals surface area contributed by atoms with Crippen LogP contribution in [0.15, 0.2) is 18.2 Å². The Bertz CT molecular complexity index is 595. The van der Waals surface area contributed by atoms with Crippen LogP contribution in [0.25, 0.3) is 0 Å². The molecular weight excluding hydrogens is 322 g/mol. The molecule has 6 nitrogen and oxygen atoms in total. The summed E-state index contributed by atoms with van der Waals surface area (Å²) in [5, 5.41) is 2.93. The van der Waals surface area contributed by atoms with E-state index in [2.05, 4.69) is 5.32 Å². The maximum absolute atomic E-state index is 12.3. The first-order valence-corrected chi connectivity index (χ1v) is 8.96. The van der Waals surface area contributed by atoms with Crippen LogP contribution in [0.5, 0.6) is 11.5 Å². The zero-order valence-corrected chi connectivity index (χ0v) is 15.2. The molecule has 1 N–H and O–H groups in total. The van der Waals surface area contributed by atoms with Crippen LogP contribution in [0.2, 0.25) is 0 Å². The van der Waals surface area contributed by atoms with E-state index in [-0.39, 0.29) is 11.9 Å². The van der Waals surface area contributed by atoms with Gasteiger partial charge in [-0.15, -0.1) is 0 Å². The first kappa shape index (κ1) is 19.1. The minimum Gasteiger partial charge on any atom is -0.490 e. The van der Waals surface area contributed by atoms with Crippen LogP contribution in [-0.2, 0) is 9.53 Å². The van der Waals surface area contributed by atoms with Gasteiger partial charge in [-0.3, -0.25) is 4.79 Å². The van der Waals surface area contributed by atoms with Crippen molar-refractivity contribution < 1.29 is 23.8 Å². The molecule has 0 aromatic heterocycles. The van der Waals surface area contributed by atoms with Gasteiger partial charge in [0.2, 0.25) is 0 Å². The molecule has 1 aromatic rings. The van der Waals surface area contributed by atoms with E-state index < -0.39 is 12.1 Å². The lowest BCUT2D eigenvalue weighted by atomic mass is 10.2.